The molecule has 0 aliphatic rings. The van der Waals surface area contributed by atoms with Crippen molar-refractivity contribution in [2.45, 2.75) is 0 Å². The van der Waals surface area contributed by atoms with E-state index in [9.17, 15) is 10.1 Å². The van der Waals surface area contributed by atoms with Crippen molar-refractivity contribution in [3.05, 3.63) is 64.2 Å². The number of esters is 1. The first-order valence-corrected chi connectivity index (χ1v) is 7.89. The van der Waals surface area contributed by atoms with Crippen LogP contribution in [0, 0.1) is 11.3 Å². The van der Waals surface area contributed by atoms with Crippen molar-refractivity contribution in [3.63, 3.8) is 0 Å². The van der Waals surface area contributed by atoms with Gasteiger partial charge in [-0.15, -0.1) is 11.3 Å². The van der Waals surface area contributed by atoms with E-state index < -0.39 is 5.97 Å². The highest BCUT2D eigenvalue weighted by Gasteiger charge is 2.11. The van der Waals surface area contributed by atoms with Crippen molar-refractivity contribution in [2.75, 3.05) is 7.11 Å². The number of rotatable bonds is 4. The topological polar surface area (TPSA) is 76.1 Å². The average Bonchev–Trinajstić information content (AvgIpc) is 3.30. The molecule has 0 saturated carbocycles. The number of allylic oxidation sites excluding steroid dienone is 1. The van der Waals surface area contributed by atoms with Crippen LogP contribution in [-0.2, 0) is 4.74 Å². The first kappa shape index (κ1) is 15.7. The zero-order valence-corrected chi connectivity index (χ0v) is 13.5. The fourth-order valence-electron chi connectivity index (χ4n) is 2.08. The minimum atomic E-state index is -0.394. The van der Waals surface area contributed by atoms with Crippen LogP contribution in [-0.4, -0.2) is 18.1 Å². The summed E-state index contributed by atoms with van der Waals surface area (Å²) in [4.78, 5) is 15.9. The number of hydrogen-bond donors (Lipinski definition) is 0. The van der Waals surface area contributed by atoms with E-state index in [-0.39, 0.29) is 0 Å². The second-order valence-corrected chi connectivity index (χ2v) is 5.66. The molecule has 0 spiro atoms. The summed E-state index contributed by atoms with van der Waals surface area (Å²) in [7, 11) is 1.34. The number of benzene rings is 1. The molecule has 3 aromatic rings. The molecule has 0 amide bonds. The summed E-state index contributed by atoms with van der Waals surface area (Å²) in [6, 6.07) is 12.6. The van der Waals surface area contributed by atoms with E-state index in [2.05, 4.69) is 15.8 Å². The predicted molar refractivity (Wildman–Crippen MR) is 91.1 cm³/mol. The molecule has 3 rings (SSSR count). The first-order chi connectivity index (χ1) is 11.7. The summed E-state index contributed by atoms with van der Waals surface area (Å²) < 4.78 is 9.97. The van der Waals surface area contributed by atoms with Crippen LogP contribution < -0.4 is 0 Å². The van der Waals surface area contributed by atoms with Crippen LogP contribution in [0.1, 0.15) is 20.9 Å². The average molecular weight is 336 g/mol. The van der Waals surface area contributed by atoms with E-state index in [0.29, 0.717) is 27.6 Å². The second kappa shape index (κ2) is 6.94. The molecule has 0 fully saturated rings. The Labute approximate surface area is 142 Å². The van der Waals surface area contributed by atoms with Crippen molar-refractivity contribution < 1.29 is 13.9 Å². The van der Waals surface area contributed by atoms with Gasteiger partial charge in [0.25, 0.3) is 0 Å². The van der Waals surface area contributed by atoms with Crippen LogP contribution in [0.5, 0.6) is 0 Å². The largest absolute Gasteiger partial charge is 0.465 e. The Hall–Kier alpha value is -3.17. The van der Waals surface area contributed by atoms with Crippen LogP contribution in [0.15, 0.2) is 52.5 Å². The van der Waals surface area contributed by atoms with Gasteiger partial charge < -0.3 is 9.15 Å². The van der Waals surface area contributed by atoms with Gasteiger partial charge >= 0.3 is 5.97 Å². The lowest BCUT2D eigenvalue weighted by Gasteiger charge is -2.00. The van der Waals surface area contributed by atoms with Gasteiger partial charge in [-0.2, -0.15) is 5.26 Å². The van der Waals surface area contributed by atoms with Gasteiger partial charge in [-0.25, -0.2) is 9.78 Å². The van der Waals surface area contributed by atoms with Crippen LogP contribution >= 0.6 is 11.3 Å². The lowest BCUT2D eigenvalue weighted by molar-refractivity contribution is 0.0600. The molecule has 0 atom stereocenters. The van der Waals surface area contributed by atoms with Crippen molar-refractivity contribution in [3.8, 4) is 17.5 Å². The maximum Gasteiger partial charge on any atom is 0.337 e. The number of aromatic nitrogens is 1. The monoisotopic (exact) mass is 336 g/mol. The molecular formula is C18H12N2O3S. The third-order valence-electron chi connectivity index (χ3n) is 3.27. The van der Waals surface area contributed by atoms with Crippen LogP contribution in [0.2, 0.25) is 0 Å². The van der Waals surface area contributed by atoms with Gasteiger partial charge in [-0.3, -0.25) is 0 Å². The fourth-order valence-corrected chi connectivity index (χ4v) is 2.85. The number of furan rings is 1. The number of methoxy groups -OCH3 is 1. The number of carbonyl (C=O) groups is 1. The summed E-state index contributed by atoms with van der Waals surface area (Å²) in [6.45, 7) is 0. The molecule has 1 aromatic carbocycles. The number of thiazole rings is 1. The van der Waals surface area contributed by atoms with Gasteiger partial charge in [0, 0.05) is 5.38 Å². The van der Waals surface area contributed by atoms with Crippen molar-refractivity contribution in [2.24, 2.45) is 0 Å². The molecule has 0 N–H and O–H groups in total. The van der Waals surface area contributed by atoms with Crippen LogP contribution in [0.25, 0.3) is 23.1 Å². The highest BCUT2D eigenvalue weighted by Crippen LogP contribution is 2.27. The lowest BCUT2D eigenvalue weighted by atomic mass is 10.1. The van der Waals surface area contributed by atoms with Gasteiger partial charge in [0.15, 0.2) is 5.76 Å². The number of nitrogens with zero attached hydrogens (tertiary/aromatic N) is 2. The molecule has 6 heteroatoms. The molecule has 0 saturated heterocycles. The van der Waals surface area contributed by atoms with Gasteiger partial charge in [0.1, 0.15) is 16.8 Å². The Kier molecular flexibility index (Phi) is 4.54. The minimum Gasteiger partial charge on any atom is -0.465 e. The zero-order valence-electron chi connectivity index (χ0n) is 12.7. The molecule has 2 aromatic heterocycles. The normalized spacial score (nSPS) is 11.1. The molecule has 2 heterocycles. The third-order valence-corrected chi connectivity index (χ3v) is 4.15. The molecule has 0 radical (unpaired) electrons. The second-order valence-electron chi connectivity index (χ2n) is 4.80. The SMILES string of the molecule is COC(=O)c1ccc(/C=C(\C#N)c2nc(-c3ccco3)cs2)cc1. The molecule has 24 heavy (non-hydrogen) atoms. The van der Waals surface area contributed by atoms with Crippen LogP contribution in [0.3, 0.4) is 0 Å². The maximum atomic E-state index is 11.4. The number of carbonyl (C=O) groups excluding carboxylic acids is 1. The van der Waals surface area contributed by atoms with E-state index in [1.165, 1.54) is 18.4 Å². The number of hydrogen-bond acceptors (Lipinski definition) is 6. The van der Waals surface area contributed by atoms with Gasteiger partial charge in [-0.05, 0) is 35.9 Å². The smallest absolute Gasteiger partial charge is 0.337 e. The standard InChI is InChI=1S/C18H12N2O3S/c1-22-18(21)13-6-4-12(5-7-13)9-14(10-19)17-20-15(11-24-17)16-3-2-8-23-16/h2-9,11H,1H3/b14-9+. The lowest BCUT2D eigenvalue weighted by Crippen LogP contribution is -2.00. The predicted octanol–water partition coefficient (Wildman–Crippen LogP) is 4.25. The minimum absolute atomic E-state index is 0.394. The highest BCUT2D eigenvalue weighted by molar-refractivity contribution is 7.11. The molecular weight excluding hydrogens is 324 g/mol. The van der Waals surface area contributed by atoms with Crippen molar-refractivity contribution >= 4 is 29.0 Å². The van der Waals surface area contributed by atoms with Crippen molar-refractivity contribution in [1.82, 2.24) is 4.98 Å². The van der Waals surface area contributed by atoms with Crippen molar-refractivity contribution in [1.29, 1.82) is 5.26 Å². The number of ether oxygens (including phenoxy) is 1. The van der Waals surface area contributed by atoms with Gasteiger partial charge in [-0.1, -0.05) is 12.1 Å². The summed E-state index contributed by atoms with van der Waals surface area (Å²) >= 11 is 1.38. The Bertz CT molecular complexity index is 916. The first-order valence-electron chi connectivity index (χ1n) is 7.01. The Morgan fingerprint density at radius 3 is 2.75 bits per heavy atom. The van der Waals surface area contributed by atoms with E-state index >= 15 is 0 Å². The van der Waals surface area contributed by atoms with E-state index in [1.807, 2.05) is 11.4 Å². The summed E-state index contributed by atoms with van der Waals surface area (Å²) in [5.74, 6) is 0.270. The Balaban J connectivity index is 1.87. The van der Waals surface area contributed by atoms with E-state index in [0.717, 1.165) is 5.56 Å². The Morgan fingerprint density at radius 2 is 2.12 bits per heavy atom. The molecule has 5 nitrogen and oxygen atoms in total. The maximum absolute atomic E-state index is 11.4. The highest BCUT2D eigenvalue weighted by atomic mass is 32.1. The molecule has 0 aliphatic carbocycles. The van der Waals surface area contributed by atoms with Gasteiger partial charge in [0.2, 0.25) is 0 Å². The zero-order chi connectivity index (χ0) is 16.9. The summed E-state index contributed by atoms with van der Waals surface area (Å²) in [5.41, 5.74) is 2.40. The summed E-state index contributed by atoms with van der Waals surface area (Å²) in [5, 5.41) is 11.9. The van der Waals surface area contributed by atoms with Crippen LogP contribution in [0.4, 0.5) is 0 Å². The Morgan fingerprint density at radius 1 is 1.33 bits per heavy atom. The number of nitriles is 1. The molecule has 0 aliphatic heterocycles. The van der Waals surface area contributed by atoms with E-state index in [4.69, 9.17) is 4.42 Å². The molecule has 0 unspecified atom stereocenters. The summed E-state index contributed by atoms with van der Waals surface area (Å²) in [6.07, 6.45) is 3.31. The molecule has 0 bridgehead atoms. The molecule has 118 valence electrons. The quantitative estimate of drug-likeness (QED) is 0.526. The van der Waals surface area contributed by atoms with Gasteiger partial charge in [0.05, 0.1) is 24.5 Å². The fraction of sp³-hybridized carbons (Fsp3) is 0.0556. The van der Waals surface area contributed by atoms with E-state index in [1.54, 1.807) is 42.7 Å². The third kappa shape index (κ3) is 3.26.